The van der Waals surface area contributed by atoms with Crippen LogP contribution in [0.2, 0.25) is 0 Å². The van der Waals surface area contributed by atoms with Crippen LogP contribution in [0.25, 0.3) is 0 Å². The van der Waals surface area contributed by atoms with Crippen LogP contribution in [0.3, 0.4) is 0 Å². The van der Waals surface area contributed by atoms with E-state index in [1.807, 2.05) is 5.32 Å². The number of benzene rings is 2. The summed E-state index contributed by atoms with van der Waals surface area (Å²) in [6.45, 7) is -1.19. The summed E-state index contributed by atoms with van der Waals surface area (Å²) in [5.41, 5.74) is 1.10. The molecule has 0 unspecified atom stereocenters. The average Bonchev–Trinajstić information content (AvgIpc) is 2.75. The molecule has 0 saturated heterocycles. The van der Waals surface area contributed by atoms with Gasteiger partial charge in [-0.25, -0.2) is 0 Å². The highest BCUT2D eigenvalue weighted by atomic mass is 19.4. The summed E-state index contributed by atoms with van der Waals surface area (Å²) in [6, 6.07) is 9.02. The fraction of sp³-hybridized carbons (Fsp3) is 0.333. The molecule has 2 aromatic carbocycles. The molecule has 2 aromatic rings. The number of carbonyl (C=O) groups is 2. The highest BCUT2D eigenvalue weighted by Crippen LogP contribution is 2.38. The quantitative estimate of drug-likeness (QED) is 0.682. The molecular weight excluding hydrogens is 417 g/mol. The van der Waals surface area contributed by atoms with Crippen LogP contribution in [0, 0.1) is 0 Å². The lowest BCUT2D eigenvalue weighted by Crippen LogP contribution is -2.33. The van der Waals surface area contributed by atoms with Gasteiger partial charge in [0.25, 0.3) is 11.8 Å². The molecule has 7 nitrogen and oxygen atoms in total. The Balaban J connectivity index is 2.10. The molecule has 31 heavy (non-hydrogen) atoms. The first-order valence-corrected chi connectivity index (χ1v) is 9.09. The third-order valence-electron chi connectivity index (χ3n) is 4.34. The van der Waals surface area contributed by atoms with Crippen molar-refractivity contribution >= 4 is 11.8 Å². The van der Waals surface area contributed by atoms with Crippen LogP contribution in [0.1, 0.15) is 26.3 Å². The number of hydrogen-bond acceptors (Lipinski definition) is 5. The number of nitrogens with zero attached hydrogens (tertiary/aromatic N) is 1. The highest BCUT2D eigenvalue weighted by molar-refractivity contribution is 5.96. The van der Waals surface area contributed by atoms with E-state index in [9.17, 15) is 22.8 Å². The maximum atomic E-state index is 12.8. The predicted octanol–water partition coefficient (Wildman–Crippen LogP) is 3.28. The molecule has 1 N–H and O–H groups in total. The van der Waals surface area contributed by atoms with Gasteiger partial charge in [0.15, 0.2) is 11.5 Å². The van der Waals surface area contributed by atoms with Crippen LogP contribution < -0.4 is 19.5 Å². The standard InChI is InChI=1S/C21H23F3N2O5/c1-26(20(28)15-9-16(29-2)18(31-4)17(10-15)30-3)11-13-5-7-14(8-6-13)19(27)25-12-21(22,23)24/h5-10H,11-12H2,1-4H3,(H,25,27). The fourth-order valence-corrected chi connectivity index (χ4v) is 2.81. The van der Waals surface area contributed by atoms with Crippen molar-refractivity contribution in [2.45, 2.75) is 12.7 Å². The number of nitrogens with one attached hydrogen (secondary N) is 1. The predicted molar refractivity (Wildman–Crippen MR) is 107 cm³/mol. The van der Waals surface area contributed by atoms with E-state index in [0.29, 0.717) is 28.4 Å². The van der Waals surface area contributed by atoms with Gasteiger partial charge in [0.05, 0.1) is 21.3 Å². The van der Waals surface area contributed by atoms with Gasteiger partial charge in [0.1, 0.15) is 6.54 Å². The first-order valence-electron chi connectivity index (χ1n) is 9.09. The fourth-order valence-electron chi connectivity index (χ4n) is 2.81. The minimum absolute atomic E-state index is 0.0895. The summed E-state index contributed by atoms with van der Waals surface area (Å²) >= 11 is 0. The maximum Gasteiger partial charge on any atom is 0.405 e. The molecule has 2 rings (SSSR count). The van der Waals surface area contributed by atoms with E-state index in [0.717, 1.165) is 0 Å². The first-order chi connectivity index (χ1) is 14.6. The minimum atomic E-state index is -4.48. The summed E-state index contributed by atoms with van der Waals surface area (Å²) < 4.78 is 52.4. The van der Waals surface area contributed by atoms with Gasteiger partial charge in [0.2, 0.25) is 5.75 Å². The molecular formula is C21H23F3N2O5. The van der Waals surface area contributed by atoms with Crippen molar-refractivity contribution in [1.82, 2.24) is 10.2 Å². The van der Waals surface area contributed by atoms with E-state index in [1.54, 1.807) is 19.2 Å². The molecule has 2 amide bonds. The molecule has 0 aliphatic rings. The number of ether oxygens (including phenoxy) is 3. The summed E-state index contributed by atoms with van der Waals surface area (Å²) in [5.74, 6) is -0.0961. The van der Waals surface area contributed by atoms with Crippen LogP contribution in [0.4, 0.5) is 13.2 Å². The van der Waals surface area contributed by atoms with Crippen LogP contribution >= 0.6 is 0 Å². The zero-order valence-electron chi connectivity index (χ0n) is 17.5. The zero-order valence-corrected chi connectivity index (χ0v) is 17.5. The molecule has 0 heterocycles. The number of rotatable bonds is 8. The zero-order chi connectivity index (χ0) is 23.2. The Hall–Kier alpha value is -3.43. The van der Waals surface area contributed by atoms with E-state index in [-0.39, 0.29) is 18.0 Å². The summed E-state index contributed by atoms with van der Waals surface area (Å²) in [6.07, 6.45) is -4.48. The van der Waals surface area contributed by atoms with Crippen molar-refractivity contribution in [3.8, 4) is 17.2 Å². The first kappa shape index (κ1) is 23.8. The third-order valence-corrected chi connectivity index (χ3v) is 4.34. The second-order valence-electron chi connectivity index (χ2n) is 6.57. The van der Waals surface area contributed by atoms with Crippen LogP contribution in [0.5, 0.6) is 17.2 Å². The van der Waals surface area contributed by atoms with E-state index in [4.69, 9.17) is 14.2 Å². The molecule has 0 bridgehead atoms. The van der Waals surface area contributed by atoms with Gasteiger partial charge in [-0.05, 0) is 29.8 Å². The van der Waals surface area contributed by atoms with Gasteiger partial charge < -0.3 is 24.4 Å². The summed E-state index contributed by atoms with van der Waals surface area (Å²) in [7, 11) is 5.94. The minimum Gasteiger partial charge on any atom is -0.493 e. The number of carbonyl (C=O) groups excluding carboxylic acids is 2. The van der Waals surface area contributed by atoms with Crippen LogP contribution in [-0.2, 0) is 6.54 Å². The monoisotopic (exact) mass is 440 g/mol. The van der Waals surface area contributed by atoms with Gasteiger partial charge in [0, 0.05) is 24.7 Å². The van der Waals surface area contributed by atoms with Crippen molar-refractivity contribution in [1.29, 1.82) is 0 Å². The Morgan fingerprint density at radius 3 is 1.94 bits per heavy atom. The van der Waals surface area contributed by atoms with Gasteiger partial charge in [-0.15, -0.1) is 0 Å². The lowest BCUT2D eigenvalue weighted by molar-refractivity contribution is -0.123. The number of hydrogen-bond donors (Lipinski definition) is 1. The molecule has 0 atom stereocenters. The van der Waals surface area contributed by atoms with E-state index in [2.05, 4.69) is 0 Å². The van der Waals surface area contributed by atoms with Gasteiger partial charge >= 0.3 is 6.18 Å². The molecule has 168 valence electrons. The molecule has 0 radical (unpaired) electrons. The smallest absolute Gasteiger partial charge is 0.405 e. The molecule has 0 fully saturated rings. The van der Waals surface area contributed by atoms with Gasteiger partial charge in [-0.3, -0.25) is 9.59 Å². The summed E-state index contributed by atoms with van der Waals surface area (Å²) in [5, 5.41) is 1.81. The Morgan fingerprint density at radius 1 is 0.935 bits per heavy atom. The second kappa shape index (κ2) is 10.1. The number of methoxy groups -OCH3 is 3. The van der Waals surface area contributed by atoms with Crippen LogP contribution in [0.15, 0.2) is 36.4 Å². The molecule has 10 heteroatoms. The summed E-state index contributed by atoms with van der Waals surface area (Å²) in [4.78, 5) is 26.1. The van der Waals surface area contributed by atoms with Gasteiger partial charge in [-0.1, -0.05) is 12.1 Å². The molecule has 0 spiro atoms. The van der Waals surface area contributed by atoms with Gasteiger partial charge in [-0.2, -0.15) is 13.2 Å². The number of alkyl halides is 3. The second-order valence-corrected chi connectivity index (χ2v) is 6.57. The van der Waals surface area contributed by atoms with Crippen molar-refractivity contribution in [2.75, 3.05) is 34.9 Å². The average molecular weight is 440 g/mol. The lowest BCUT2D eigenvalue weighted by Gasteiger charge is -2.19. The van der Waals surface area contributed by atoms with E-state index in [1.165, 1.54) is 50.5 Å². The number of halogens is 3. The third kappa shape index (κ3) is 6.27. The van der Waals surface area contributed by atoms with E-state index < -0.39 is 18.6 Å². The van der Waals surface area contributed by atoms with Crippen molar-refractivity contribution in [3.63, 3.8) is 0 Å². The Kier molecular flexibility index (Phi) is 7.73. The molecule has 0 aromatic heterocycles. The normalized spacial score (nSPS) is 10.9. The molecule has 0 aliphatic heterocycles. The lowest BCUT2D eigenvalue weighted by atomic mass is 10.1. The largest absolute Gasteiger partial charge is 0.493 e. The van der Waals surface area contributed by atoms with Crippen molar-refractivity contribution in [3.05, 3.63) is 53.1 Å². The van der Waals surface area contributed by atoms with Crippen molar-refractivity contribution < 1.29 is 37.0 Å². The topological polar surface area (TPSA) is 77.1 Å². The Morgan fingerprint density at radius 2 is 1.48 bits per heavy atom. The Bertz CT molecular complexity index is 905. The van der Waals surface area contributed by atoms with E-state index >= 15 is 0 Å². The highest BCUT2D eigenvalue weighted by Gasteiger charge is 2.28. The maximum absolute atomic E-state index is 12.8. The number of amides is 2. The Labute approximate surface area is 177 Å². The SMILES string of the molecule is COc1cc(C(=O)N(C)Cc2ccc(C(=O)NCC(F)(F)F)cc2)cc(OC)c1OC. The molecule has 0 saturated carbocycles. The van der Waals surface area contributed by atoms with Crippen LogP contribution in [-0.4, -0.2) is 57.8 Å². The van der Waals surface area contributed by atoms with Crippen molar-refractivity contribution in [2.24, 2.45) is 0 Å². The molecule has 0 aliphatic carbocycles.